The minimum absolute atomic E-state index is 0.0246. The Morgan fingerprint density at radius 2 is 2.05 bits per heavy atom. The Hall–Kier alpha value is -1.05. The third kappa shape index (κ3) is 3.49. The van der Waals surface area contributed by atoms with Crippen molar-refractivity contribution in [3.05, 3.63) is 29.0 Å². The number of hydrogen-bond donors (Lipinski definition) is 0. The third-order valence-corrected chi connectivity index (χ3v) is 5.31. The molecule has 2 nitrogen and oxygen atoms in total. The molecule has 1 aliphatic heterocycles. The lowest BCUT2D eigenvalue weighted by Gasteiger charge is -2.21. The number of cyclic esters (lactones) is 1. The summed E-state index contributed by atoms with van der Waals surface area (Å²) in [6.45, 7) is 10.8. The van der Waals surface area contributed by atoms with Crippen molar-refractivity contribution in [1.29, 1.82) is 0 Å². The third-order valence-electron chi connectivity index (χ3n) is 3.82. The number of ether oxygens (including phenoxy) is 1. The monoisotopic (exact) mass is 276 g/mol. The molecule has 1 heterocycles. The van der Waals surface area contributed by atoms with Gasteiger partial charge >= 0.3 is 5.97 Å². The zero-order valence-corrected chi connectivity index (χ0v) is 13.3. The molecule has 2 aliphatic rings. The second-order valence-electron chi connectivity index (χ2n) is 6.83. The van der Waals surface area contributed by atoms with Crippen LogP contribution in [0, 0.1) is 0 Å². The molecule has 0 N–H and O–H groups in total. The smallest absolute Gasteiger partial charge is 0.334 e. The van der Waals surface area contributed by atoms with E-state index in [2.05, 4.69) is 32.0 Å². The quantitative estimate of drug-likeness (QED) is 0.436. The normalized spacial score (nSPS) is 22.9. The van der Waals surface area contributed by atoms with Gasteiger partial charge in [-0.3, -0.25) is 0 Å². The fraction of sp³-hybridized carbons (Fsp3) is 0.625. The van der Waals surface area contributed by atoms with Crippen LogP contribution in [0.15, 0.2) is 29.0 Å². The molecule has 1 unspecified atom stereocenters. The maximum atomic E-state index is 11.9. The van der Waals surface area contributed by atoms with Gasteiger partial charge in [-0.25, -0.2) is 4.79 Å². The molecular weight excluding hydrogens is 252 g/mol. The van der Waals surface area contributed by atoms with Gasteiger partial charge in [-0.05, 0) is 42.9 Å². The maximum absolute atomic E-state index is 11.9. The lowest BCUT2D eigenvalue weighted by molar-refractivity contribution is -0.139. The van der Waals surface area contributed by atoms with Crippen molar-refractivity contribution in [1.82, 2.24) is 0 Å². The molecule has 0 aromatic heterocycles. The highest BCUT2D eigenvalue weighted by Gasteiger charge is 2.35. The van der Waals surface area contributed by atoms with Crippen molar-refractivity contribution in [2.75, 3.05) is 0 Å². The van der Waals surface area contributed by atoms with Gasteiger partial charge in [0.2, 0.25) is 0 Å². The Morgan fingerprint density at radius 1 is 1.37 bits per heavy atom. The fourth-order valence-electron chi connectivity index (χ4n) is 3.02. The predicted molar refractivity (Wildman–Crippen MR) is 80.8 cm³/mol. The average Bonchev–Trinajstić information content (AvgIpc) is 2.65. The minimum atomic E-state index is -1.17. The number of rotatable bonds is 4. The van der Waals surface area contributed by atoms with Crippen LogP contribution in [0.5, 0.6) is 0 Å². The van der Waals surface area contributed by atoms with Crippen LogP contribution in [-0.4, -0.2) is 20.1 Å². The second kappa shape index (κ2) is 5.52. The maximum Gasteiger partial charge on any atom is 0.334 e. The first-order chi connectivity index (χ1) is 8.90. The minimum Gasteiger partial charge on any atom is -0.454 e. The molecule has 0 saturated carbocycles. The SMILES string of the molecule is C=C=C(CC1OC(=O)C2=C1CCCC2)C[Si](C)(C)C. The molecule has 0 radical (unpaired) electrons. The number of esters is 1. The summed E-state index contributed by atoms with van der Waals surface area (Å²) in [6.07, 6.45) is 5.03. The van der Waals surface area contributed by atoms with Gasteiger partial charge < -0.3 is 4.74 Å². The van der Waals surface area contributed by atoms with Gasteiger partial charge in [0.05, 0.1) is 0 Å². The molecule has 19 heavy (non-hydrogen) atoms. The molecule has 3 heteroatoms. The van der Waals surface area contributed by atoms with E-state index in [0.29, 0.717) is 0 Å². The number of hydrogen-bond acceptors (Lipinski definition) is 2. The van der Waals surface area contributed by atoms with Crippen LogP contribution in [0.4, 0.5) is 0 Å². The summed E-state index contributed by atoms with van der Waals surface area (Å²) in [5, 5.41) is 0. The van der Waals surface area contributed by atoms with Gasteiger partial charge in [0.15, 0.2) is 0 Å². The highest BCUT2D eigenvalue weighted by atomic mass is 28.3. The highest BCUT2D eigenvalue weighted by molar-refractivity contribution is 6.76. The van der Waals surface area contributed by atoms with Gasteiger partial charge in [-0.2, -0.15) is 0 Å². The number of carbonyl (C=O) groups excluding carboxylic acids is 1. The summed E-state index contributed by atoms with van der Waals surface area (Å²) < 4.78 is 5.57. The molecule has 0 aromatic rings. The zero-order chi connectivity index (χ0) is 14.0. The van der Waals surface area contributed by atoms with Crippen LogP contribution < -0.4 is 0 Å². The van der Waals surface area contributed by atoms with Gasteiger partial charge in [-0.15, -0.1) is 5.73 Å². The molecular formula is C16H24O2Si. The largest absolute Gasteiger partial charge is 0.454 e. The van der Waals surface area contributed by atoms with E-state index in [9.17, 15) is 4.79 Å². The van der Waals surface area contributed by atoms with Crippen LogP contribution in [0.25, 0.3) is 0 Å². The molecule has 0 fully saturated rings. The Morgan fingerprint density at radius 3 is 2.68 bits per heavy atom. The van der Waals surface area contributed by atoms with E-state index >= 15 is 0 Å². The first-order valence-corrected chi connectivity index (χ1v) is 10.9. The van der Waals surface area contributed by atoms with Crippen LogP contribution in [0.1, 0.15) is 32.1 Å². The standard InChI is InChI=1S/C16H24O2Si/c1-5-12(11-19(2,3)4)10-15-13-8-6-7-9-14(13)16(17)18-15/h15H,1,6-11H2,2-4H3. The molecule has 0 amide bonds. The Kier molecular flexibility index (Phi) is 4.17. The van der Waals surface area contributed by atoms with Crippen molar-refractivity contribution < 1.29 is 9.53 Å². The molecule has 2 rings (SSSR count). The lowest BCUT2D eigenvalue weighted by atomic mass is 9.88. The van der Waals surface area contributed by atoms with E-state index in [1.165, 1.54) is 17.6 Å². The second-order valence-corrected chi connectivity index (χ2v) is 12.3. The summed E-state index contributed by atoms with van der Waals surface area (Å²) in [7, 11) is -1.17. The predicted octanol–water partition coefficient (Wildman–Crippen LogP) is 4.22. The van der Waals surface area contributed by atoms with E-state index in [4.69, 9.17) is 4.74 Å². The van der Waals surface area contributed by atoms with Crippen LogP contribution in [0.2, 0.25) is 25.7 Å². The molecule has 0 aromatic carbocycles. The molecule has 0 spiro atoms. The topological polar surface area (TPSA) is 26.3 Å². The first-order valence-electron chi connectivity index (χ1n) is 7.21. The molecule has 104 valence electrons. The van der Waals surface area contributed by atoms with E-state index in [0.717, 1.165) is 37.3 Å². The van der Waals surface area contributed by atoms with Gasteiger partial charge in [0, 0.05) is 20.1 Å². The average molecular weight is 276 g/mol. The Labute approximate surface area is 117 Å². The fourth-order valence-corrected chi connectivity index (χ4v) is 4.57. The number of carbonyl (C=O) groups is 1. The van der Waals surface area contributed by atoms with Crippen molar-refractivity contribution in [3.63, 3.8) is 0 Å². The van der Waals surface area contributed by atoms with Gasteiger partial charge in [0.25, 0.3) is 0 Å². The van der Waals surface area contributed by atoms with Crippen molar-refractivity contribution in [3.8, 4) is 0 Å². The van der Waals surface area contributed by atoms with Crippen LogP contribution in [-0.2, 0) is 9.53 Å². The van der Waals surface area contributed by atoms with Crippen LogP contribution >= 0.6 is 0 Å². The summed E-state index contributed by atoms with van der Waals surface area (Å²) in [5.41, 5.74) is 6.54. The molecule has 1 aliphatic carbocycles. The van der Waals surface area contributed by atoms with E-state index in [-0.39, 0.29) is 12.1 Å². The van der Waals surface area contributed by atoms with E-state index in [1.54, 1.807) is 0 Å². The molecule has 0 bridgehead atoms. The summed E-state index contributed by atoms with van der Waals surface area (Å²) in [5.74, 6) is -0.0730. The summed E-state index contributed by atoms with van der Waals surface area (Å²) >= 11 is 0. The molecule has 0 saturated heterocycles. The Bertz CT molecular complexity index is 462. The highest BCUT2D eigenvalue weighted by Crippen LogP contribution is 2.37. The first kappa shape index (κ1) is 14.4. The van der Waals surface area contributed by atoms with Gasteiger partial charge in [-0.1, -0.05) is 26.2 Å². The van der Waals surface area contributed by atoms with Crippen LogP contribution in [0.3, 0.4) is 0 Å². The van der Waals surface area contributed by atoms with Crippen molar-refractivity contribution >= 4 is 14.0 Å². The van der Waals surface area contributed by atoms with Gasteiger partial charge in [0.1, 0.15) is 6.10 Å². The summed E-state index contributed by atoms with van der Waals surface area (Å²) in [4.78, 5) is 11.9. The van der Waals surface area contributed by atoms with Crippen molar-refractivity contribution in [2.24, 2.45) is 0 Å². The zero-order valence-electron chi connectivity index (χ0n) is 12.3. The Balaban J connectivity index is 2.09. The van der Waals surface area contributed by atoms with E-state index in [1.807, 2.05) is 0 Å². The van der Waals surface area contributed by atoms with Crippen molar-refractivity contribution in [2.45, 2.75) is 63.9 Å². The summed E-state index contributed by atoms with van der Waals surface area (Å²) in [6, 6.07) is 1.09. The molecule has 1 atom stereocenters. The lowest BCUT2D eigenvalue weighted by Crippen LogP contribution is -2.22. The van der Waals surface area contributed by atoms with E-state index < -0.39 is 8.07 Å².